The Morgan fingerprint density at radius 3 is 2.56 bits per heavy atom. The van der Waals surface area contributed by atoms with Gasteiger partial charge in [-0.15, -0.1) is 0 Å². The number of benzene rings is 1. The molecule has 0 spiro atoms. The lowest BCUT2D eigenvalue weighted by atomic mass is 9.75. The number of fused-ring (bicyclic) bond motifs is 4. The van der Waals surface area contributed by atoms with Crippen molar-refractivity contribution in [2.45, 2.75) is 46.5 Å². The first kappa shape index (κ1) is 16.6. The van der Waals surface area contributed by atoms with Gasteiger partial charge in [-0.2, -0.15) is 0 Å². The van der Waals surface area contributed by atoms with E-state index in [-0.39, 0.29) is 5.97 Å². The van der Waals surface area contributed by atoms with Crippen LogP contribution in [-0.4, -0.2) is 35.5 Å². The van der Waals surface area contributed by atoms with E-state index in [0.717, 1.165) is 11.4 Å². The molecule has 3 saturated heterocycles. The fraction of sp³-hybridized carbons (Fsp3) is 0.571. The maximum atomic E-state index is 12.1. The van der Waals surface area contributed by atoms with Crippen LogP contribution in [0, 0.1) is 18.3 Å². The molecule has 5 rings (SSSR count). The minimum atomic E-state index is -0.498. The smallest absolute Gasteiger partial charge is 0.316 e. The second-order valence-corrected chi connectivity index (χ2v) is 8.76. The van der Waals surface area contributed by atoms with E-state index in [1.165, 1.54) is 49.1 Å². The summed E-state index contributed by atoms with van der Waals surface area (Å²) in [5.74, 6) is 1.85. The first-order valence-electron chi connectivity index (χ1n) is 9.40. The number of aromatic nitrogens is 1. The third-order valence-corrected chi connectivity index (χ3v) is 5.86. The largest absolute Gasteiger partial charge is 0.426 e. The molecule has 25 heavy (non-hydrogen) atoms. The Balaban J connectivity index is 1.66. The lowest BCUT2D eigenvalue weighted by Gasteiger charge is -2.45. The van der Waals surface area contributed by atoms with Gasteiger partial charge in [-0.1, -0.05) is 0 Å². The molecule has 1 atom stereocenters. The molecule has 0 amide bonds. The summed E-state index contributed by atoms with van der Waals surface area (Å²) >= 11 is 0. The van der Waals surface area contributed by atoms with Crippen LogP contribution in [0.1, 0.15) is 50.8 Å². The molecule has 3 aliphatic rings. The predicted octanol–water partition coefficient (Wildman–Crippen LogP) is 4.24. The van der Waals surface area contributed by atoms with Crippen molar-refractivity contribution in [2.75, 3.05) is 19.6 Å². The molecule has 0 aliphatic carbocycles. The number of piperidine rings is 3. The van der Waals surface area contributed by atoms with Crippen LogP contribution >= 0.6 is 0 Å². The summed E-state index contributed by atoms with van der Waals surface area (Å²) < 4.78 is 5.56. The molecule has 4 heterocycles. The van der Waals surface area contributed by atoms with Gasteiger partial charge >= 0.3 is 5.97 Å². The maximum absolute atomic E-state index is 12.1. The third-order valence-electron chi connectivity index (χ3n) is 5.86. The van der Waals surface area contributed by atoms with Crippen molar-refractivity contribution in [1.29, 1.82) is 0 Å². The van der Waals surface area contributed by atoms with Crippen LogP contribution in [0.15, 0.2) is 18.2 Å². The van der Waals surface area contributed by atoms with Crippen LogP contribution in [0.2, 0.25) is 0 Å². The number of H-pyrrole nitrogens is 1. The number of esters is 1. The maximum Gasteiger partial charge on any atom is 0.316 e. The number of hydrogen-bond acceptors (Lipinski definition) is 3. The lowest BCUT2D eigenvalue weighted by Crippen LogP contribution is -2.46. The number of nitrogens with zero attached hydrogens (tertiary/aromatic N) is 1. The SMILES string of the molecule is Cc1[nH]c2cc(OC(=O)C(C)(C)C)ccc2c1C1CN2CCC1CC2. The van der Waals surface area contributed by atoms with Crippen molar-refractivity contribution >= 4 is 16.9 Å². The second-order valence-electron chi connectivity index (χ2n) is 8.76. The highest BCUT2D eigenvalue weighted by atomic mass is 16.5. The van der Waals surface area contributed by atoms with Crippen molar-refractivity contribution < 1.29 is 9.53 Å². The Morgan fingerprint density at radius 1 is 1.24 bits per heavy atom. The fourth-order valence-corrected chi connectivity index (χ4v) is 4.43. The molecule has 0 saturated carbocycles. The number of hydrogen-bond donors (Lipinski definition) is 1. The standard InChI is InChI=1S/C21H28N2O2/c1-13-19(17-12-23-9-7-14(17)8-10-23)16-6-5-15(11-18(16)22-13)25-20(24)21(2,3)4/h5-6,11,14,17,22H,7-10,12H2,1-4H3. The summed E-state index contributed by atoms with van der Waals surface area (Å²) in [7, 11) is 0. The topological polar surface area (TPSA) is 45.3 Å². The molecule has 4 nitrogen and oxygen atoms in total. The van der Waals surface area contributed by atoms with Crippen molar-refractivity contribution in [3.63, 3.8) is 0 Å². The summed E-state index contributed by atoms with van der Waals surface area (Å²) in [6.07, 6.45) is 2.64. The first-order chi connectivity index (χ1) is 11.8. The molecule has 3 aliphatic heterocycles. The normalized spacial score (nSPS) is 26.2. The summed E-state index contributed by atoms with van der Waals surface area (Å²) in [6.45, 7) is 11.5. The number of aromatic amines is 1. The molecule has 0 radical (unpaired) electrons. The summed E-state index contributed by atoms with van der Waals surface area (Å²) in [4.78, 5) is 18.3. The number of rotatable bonds is 2. The molecule has 1 aromatic carbocycles. The van der Waals surface area contributed by atoms with Crippen LogP contribution < -0.4 is 4.74 Å². The number of aryl methyl sites for hydroxylation is 1. The minimum Gasteiger partial charge on any atom is -0.426 e. The van der Waals surface area contributed by atoms with Crippen LogP contribution in [0.4, 0.5) is 0 Å². The van der Waals surface area contributed by atoms with Crippen molar-refractivity contribution in [2.24, 2.45) is 11.3 Å². The predicted molar refractivity (Wildman–Crippen MR) is 100 cm³/mol. The molecule has 134 valence electrons. The van der Waals surface area contributed by atoms with Gasteiger partial charge in [0.15, 0.2) is 0 Å². The van der Waals surface area contributed by atoms with E-state index in [0.29, 0.717) is 11.7 Å². The van der Waals surface area contributed by atoms with E-state index in [1.807, 2.05) is 32.9 Å². The van der Waals surface area contributed by atoms with Crippen molar-refractivity contribution in [3.8, 4) is 5.75 Å². The number of carbonyl (C=O) groups is 1. The summed E-state index contributed by atoms with van der Waals surface area (Å²) in [5.41, 5.74) is 3.30. The van der Waals surface area contributed by atoms with Gasteiger partial charge in [-0.3, -0.25) is 4.79 Å². The molecule has 4 heteroatoms. The Labute approximate surface area is 149 Å². The molecule has 1 unspecified atom stereocenters. The Morgan fingerprint density at radius 2 is 1.96 bits per heavy atom. The fourth-order valence-electron chi connectivity index (χ4n) is 4.43. The summed E-state index contributed by atoms with van der Waals surface area (Å²) in [5, 5.41) is 1.28. The third kappa shape index (κ3) is 2.97. The average molecular weight is 340 g/mol. The van der Waals surface area contributed by atoms with Gasteiger partial charge in [0, 0.05) is 35.1 Å². The lowest BCUT2D eigenvalue weighted by molar-refractivity contribution is -0.142. The molecule has 1 N–H and O–H groups in total. The van der Waals surface area contributed by atoms with Gasteiger partial charge in [0.05, 0.1) is 5.41 Å². The zero-order valence-electron chi connectivity index (χ0n) is 15.7. The zero-order valence-corrected chi connectivity index (χ0v) is 15.7. The van der Waals surface area contributed by atoms with Crippen LogP contribution in [0.5, 0.6) is 5.75 Å². The van der Waals surface area contributed by atoms with Crippen LogP contribution in [-0.2, 0) is 4.79 Å². The molecule has 2 aromatic rings. The van der Waals surface area contributed by atoms with Crippen LogP contribution in [0.3, 0.4) is 0 Å². The van der Waals surface area contributed by atoms with E-state index in [1.54, 1.807) is 0 Å². The first-order valence-corrected chi connectivity index (χ1v) is 9.40. The van der Waals surface area contributed by atoms with Gasteiger partial charge in [-0.25, -0.2) is 0 Å². The van der Waals surface area contributed by atoms with Gasteiger partial charge in [-0.05, 0) is 77.2 Å². The Bertz CT molecular complexity index is 807. The monoisotopic (exact) mass is 340 g/mol. The number of nitrogens with one attached hydrogen (secondary N) is 1. The van der Waals surface area contributed by atoms with Gasteiger partial charge in [0.1, 0.15) is 5.75 Å². The molecular formula is C21H28N2O2. The Hall–Kier alpha value is -1.81. The highest BCUT2D eigenvalue weighted by Gasteiger charge is 2.37. The van der Waals surface area contributed by atoms with Gasteiger partial charge in [0.25, 0.3) is 0 Å². The Kier molecular flexibility index (Phi) is 3.91. The van der Waals surface area contributed by atoms with E-state index < -0.39 is 5.41 Å². The molecule has 2 bridgehead atoms. The van der Waals surface area contributed by atoms with Gasteiger partial charge in [0.2, 0.25) is 0 Å². The van der Waals surface area contributed by atoms with E-state index in [9.17, 15) is 4.79 Å². The van der Waals surface area contributed by atoms with Crippen LogP contribution in [0.25, 0.3) is 10.9 Å². The zero-order chi connectivity index (χ0) is 17.8. The van der Waals surface area contributed by atoms with Gasteiger partial charge < -0.3 is 14.6 Å². The van der Waals surface area contributed by atoms with E-state index >= 15 is 0 Å². The molecule has 3 fully saturated rings. The van der Waals surface area contributed by atoms with E-state index in [4.69, 9.17) is 4.74 Å². The second kappa shape index (κ2) is 5.87. The molecule has 1 aromatic heterocycles. The van der Waals surface area contributed by atoms with E-state index in [2.05, 4.69) is 22.9 Å². The summed E-state index contributed by atoms with van der Waals surface area (Å²) in [6, 6.07) is 6.03. The van der Waals surface area contributed by atoms with Crippen molar-refractivity contribution in [1.82, 2.24) is 9.88 Å². The number of ether oxygens (including phenoxy) is 1. The highest BCUT2D eigenvalue weighted by molar-refractivity contribution is 5.87. The average Bonchev–Trinajstić information content (AvgIpc) is 2.90. The molecular weight excluding hydrogens is 312 g/mol. The van der Waals surface area contributed by atoms with Crippen molar-refractivity contribution in [3.05, 3.63) is 29.5 Å². The quantitative estimate of drug-likeness (QED) is 0.657. The highest BCUT2D eigenvalue weighted by Crippen LogP contribution is 2.43. The number of carbonyl (C=O) groups excluding carboxylic acids is 1. The minimum absolute atomic E-state index is 0.201.